The van der Waals surface area contributed by atoms with Gasteiger partial charge in [-0.3, -0.25) is 4.99 Å². The van der Waals surface area contributed by atoms with Crippen LogP contribution in [-0.4, -0.2) is 39.2 Å². The fourth-order valence-corrected chi connectivity index (χ4v) is 3.49. The van der Waals surface area contributed by atoms with Crippen molar-refractivity contribution in [2.45, 2.75) is 32.9 Å². The molecule has 0 aromatic heterocycles. The average Bonchev–Trinajstić information content (AvgIpc) is 3.14. The second-order valence-corrected chi connectivity index (χ2v) is 7.14. The number of methoxy groups -OCH3 is 1. The number of anilines is 1. The lowest BCUT2D eigenvalue weighted by atomic mass is 10.1. The summed E-state index contributed by atoms with van der Waals surface area (Å²) in [6, 6.07) is 15.4. The molecule has 0 saturated carbocycles. The van der Waals surface area contributed by atoms with Crippen LogP contribution >= 0.6 is 0 Å². The van der Waals surface area contributed by atoms with Crippen molar-refractivity contribution in [2.75, 3.05) is 32.1 Å². The zero-order valence-corrected chi connectivity index (χ0v) is 16.7. The average molecular weight is 367 g/mol. The Hall–Kier alpha value is -2.69. The van der Waals surface area contributed by atoms with Gasteiger partial charge in [0.2, 0.25) is 0 Å². The van der Waals surface area contributed by atoms with Gasteiger partial charge in [-0.15, -0.1) is 0 Å². The number of benzene rings is 2. The van der Waals surface area contributed by atoms with Crippen LogP contribution in [0.15, 0.2) is 47.5 Å². The number of rotatable bonds is 5. The fraction of sp³-hybridized carbons (Fsp3) is 0.409. The highest BCUT2D eigenvalue weighted by Crippen LogP contribution is 2.21. The summed E-state index contributed by atoms with van der Waals surface area (Å²) in [4.78, 5) is 6.81. The van der Waals surface area contributed by atoms with E-state index in [1.165, 1.54) is 16.8 Å². The van der Waals surface area contributed by atoms with Crippen LogP contribution in [0, 0.1) is 13.8 Å². The molecule has 1 saturated heterocycles. The lowest BCUT2D eigenvalue weighted by molar-refractivity contribution is 0.411. The first-order valence-electron chi connectivity index (χ1n) is 9.51. The number of ether oxygens (including phenoxy) is 1. The van der Waals surface area contributed by atoms with E-state index >= 15 is 0 Å². The monoisotopic (exact) mass is 366 g/mol. The van der Waals surface area contributed by atoms with Gasteiger partial charge in [-0.05, 0) is 49.6 Å². The molecule has 0 spiro atoms. The summed E-state index contributed by atoms with van der Waals surface area (Å²) in [6.45, 7) is 6.98. The quantitative estimate of drug-likeness (QED) is 0.630. The number of aryl methyl sites for hydroxylation is 2. The molecular weight excluding hydrogens is 336 g/mol. The van der Waals surface area contributed by atoms with Crippen LogP contribution in [-0.2, 0) is 6.54 Å². The van der Waals surface area contributed by atoms with Gasteiger partial charge in [-0.2, -0.15) is 0 Å². The largest absolute Gasteiger partial charge is 0.496 e. The second-order valence-electron chi connectivity index (χ2n) is 7.14. The fourth-order valence-electron chi connectivity index (χ4n) is 3.49. The lowest BCUT2D eigenvalue weighted by Gasteiger charge is -2.20. The maximum atomic E-state index is 5.33. The van der Waals surface area contributed by atoms with E-state index in [-0.39, 0.29) is 0 Å². The lowest BCUT2D eigenvalue weighted by Crippen LogP contribution is -2.44. The molecule has 0 radical (unpaired) electrons. The molecule has 1 aliphatic rings. The van der Waals surface area contributed by atoms with Gasteiger partial charge in [0.05, 0.1) is 7.11 Å². The zero-order valence-electron chi connectivity index (χ0n) is 16.7. The van der Waals surface area contributed by atoms with Crippen molar-refractivity contribution in [2.24, 2.45) is 4.99 Å². The Balaban J connectivity index is 1.52. The molecule has 144 valence electrons. The second kappa shape index (κ2) is 8.80. The van der Waals surface area contributed by atoms with Gasteiger partial charge in [0, 0.05) is 38.4 Å². The third kappa shape index (κ3) is 4.94. The molecule has 0 bridgehead atoms. The van der Waals surface area contributed by atoms with Crippen molar-refractivity contribution >= 4 is 11.6 Å². The number of hydrogen-bond acceptors (Lipinski definition) is 3. The SMILES string of the molecule is CN=C(NCc1ccc(OC)c(C)c1)NC1CCN(c2ccc(C)cc2)C1. The minimum absolute atomic E-state index is 0.398. The van der Waals surface area contributed by atoms with Crippen molar-refractivity contribution < 1.29 is 4.74 Å². The summed E-state index contributed by atoms with van der Waals surface area (Å²) in [6.07, 6.45) is 1.11. The zero-order chi connectivity index (χ0) is 19.2. The number of aliphatic imine (C=N–C) groups is 1. The standard InChI is InChI=1S/C22H30N4O/c1-16-5-8-20(9-6-16)26-12-11-19(15-26)25-22(23-3)24-14-18-7-10-21(27-4)17(2)13-18/h5-10,13,19H,11-12,14-15H2,1-4H3,(H2,23,24,25). The molecular formula is C22H30N4O. The molecule has 3 rings (SSSR count). The van der Waals surface area contributed by atoms with Gasteiger partial charge in [0.15, 0.2) is 5.96 Å². The number of nitrogens with zero attached hydrogens (tertiary/aromatic N) is 2. The van der Waals surface area contributed by atoms with Crippen LogP contribution in [0.3, 0.4) is 0 Å². The smallest absolute Gasteiger partial charge is 0.191 e. The summed E-state index contributed by atoms with van der Waals surface area (Å²) in [5.74, 6) is 1.77. The Kier molecular flexibility index (Phi) is 6.22. The Morgan fingerprint density at radius 3 is 2.63 bits per heavy atom. The van der Waals surface area contributed by atoms with Crippen molar-refractivity contribution in [1.82, 2.24) is 10.6 Å². The Labute approximate surface area is 162 Å². The molecule has 1 heterocycles. The molecule has 2 aromatic rings. The number of guanidine groups is 1. The van der Waals surface area contributed by atoms with Crippen LogP contribution in [0.5, 0.6) is 5.75 Å². The van der Waals surface area contributed by atoms with E-state index in [1.807, 2.05) is 13.1 Å². The first-order valence-corrected chi connectivity index (χ1v) is 9.51. The van der Waals surface area contributed by atoms with Crippen molar-refractivity contribution in [1.29, 1.82) is 0 Å². The third-order valence-corrected chi connectivity index (χ3v) is 5.07. The van der Waals surface area contributed by atoms with E-state index in [1.54, 1.807) is 7.11 Å². The minimum atomic E-state index is 0.398. The van der Waals surface area contributed by atoms with E-state index in [4.69, 9.17) is 4.74 Å². The molecule has 5 nitrogen and oxygen atoms in total. The Morgan fingerprint density at radius 1 is 1.19 bits per heavy atom. The van der Waals surface area contributed by atoms with Crippen LogP contribution in [0.1, 0.15) is 23.1 Å². The first-order chi connectivity index (χ1) is 13.1. The van der Waals surface area contributed by atoms with E-state index in [0.29, 0.717) is 6.04 Å². The van der Waals surface area contributed by atoms with Crippen LogP contribution in [0.4, 0.5) is 5.69 Å². The van der Waals surface area contributed by atoms with Crippen LogP contribution < -0.4 is 20.3 Å². The van der Waals surface area contributed by atoms with E-state index in [0.717, 1.165) is 43.3 Å². The van der Waals surface area contributed by atoms with E-state index in [2.05, 4.69) is 70.8 Å². The van der Waals surface area contributed by atoms with Crippen molar-refractivity contribution in [3.8, 4) is 5.75 Å². The topological polar surface area (TPSA) is 48.9 Å². The Bertz CT molecular complexity index is 785. The molecule has 0 amide bonds. The molecule has 1 unspecified atom stereocenters. The van der Waals surface area contributed by atoms with Gasteiger partial charge in [0.25, 0.3) is 0 Å². The first kappa shape index (κ1) is 19.1. The third-order valence-electron chi connectivity index (χ3n) is 5.07. The molecule has 1 fully saturated rings. The van der Waals surface area contributed by atoms with Crippen molar-refractivity contribution in [3.05, 3.63) is 59.2 Å². The Morgan fingerprint density at radius 2 is 1.96 bits per heavy atom. The summed E-state index contributed by atoms with van der Waals surface area (Å²) in [5, 5.41) is 6.98. The van der Waals surface area contributed by atoms with Gasteiger partial charge in [0.1, 0.15) is 5.75 Å². The van der Waals surface area contributed by atoms with Gasteiger partial charge < -0.3 is 20.3 Å². The summed E-state index contributed by atoms with van der Waals surface area (Å²) in [7, 11) is 3.52. The maximum absolute atomic E-state index is 5.33. The minimum Gasteiger partial charge on any atom is -0.496 e. The number of nitrogens with one attached hydrogen (secondary N) is 2. The molecule has 2 aromatic carbocycles. The molecule has 2 N–H and O–H groups in total. The maximum Gasteiger partial charge on any atom is 0.191 e. The molecule has 27 heavy (non-hydrogen) atoms. The highest BCUT2D eigenvalue weighted by atomic mass is 16.5. The van der Waals surface area contributed by atoms with Crippen LogP contribution in [0.25, 0.3) is 0 Å². The van der Waals surface area contributed by atoms with Crippen LogP contribution in [0.2, 0.25) is 0 Å². The molecule has 5 heteroatoms. The van der Waals surface area contributed by atoms with E-state index < -0.39 is 0 Å². The molecule has 1 aliphatic heterocycles. The highest BCUT2D eigenvalue weighted by Gasteiger charge is 2.23. The summed E-state index contributed by atoms with van der Waals surface area (Å²) < 4.78 is 5.33. The normalized spacial score (nSPS) is 17.1. The van der Waals surface area contributed by atoms with E-state index in [9.17, 15) is 0 Å². The predicted molar refractivity (Wildman–Crippen MR) is 113 cm³/mol. The van der Waals surface area contributed by atoms with Crippen molar-refractivity contribution in [3.63, 3.8) is 0 Å². The summed E-state index contributed by atoms with van der Waals surface area (Å²) in [5.41, 5.74) is 4.95. The summed E-state index contributed by atoms with van der Waals surface area (Å²) >= 11 is 0. The van der Waals surface area contributed by atoms with Gasteiger partial charge in [-0.1, -0.05) is 29.8 Å². The predicted octanol–water partition coefficient (Wildman–Crippen LogP) is 3.26. The molecule has 1 atom stereocenters. The van der Waals surface area contributed by atoms with Gasteiger partial charge >= 0.3 is 0 Å². The highest BCUT2D eigenvalue weighted by molar-refractivity contribution is 5.80. The number of hydrogen-bond donors (Lipinski definition) is 2. The molecule has 0 aliphatic carbocycles. The van der Waals surface area contributed by atoms with Gasteiger partial charge in [-0.25, -0.2) is 0 Å².